The van der Waals surface area contributed by atoms with E-state index >= 15 is 0 Å². The van der Waals surface area contributed by atoms with Gasteiger partial charge in [0.05, 0.1) is 5.69 Å². The molecule has 0 saturated heterocycles. The van der Waals surface area contributed by atoms with Gasteiger partial charge in [-0.15, -0.1) is 11.3 Å². The second-order valence-corrected chi connectivity index (χ2v) is 7.12. The molecular formula is C20H16FN3O2S. The Bertz CT molecular complexity index is 1050. The summed E-state index contributed by atoms with van der Waals surface area (Å²) in [5.74, 6) is -0.852. The van der Waals surface area contributed by atoms with Crippen molar-refractivity contribution in [3.05, 3.63) is 64.8 Å². The molecule has 0 aliphatic carbocycles. The van der Waals surface area contributed by atoms with Gasteiger partial charge >= 0.3 is 0 Å². The molecule has 7 heteroatoms. The van der Waals surface area contributed by atoms with Crippen molar-refractivity contribution in [2.24, 2.45) is 0 Å². The molecule has 0 atom stereocenters. The van der Waals surface area contributed by atoms with Crippen molar-refractivity contribution in [3.63, 3.8) is 0 Å². The van der Waals surface area contributed by atoms with Gasteiger partial charge in [0.25, 0.3) is 5.91 Å². The molecule has 1 N–H and O–H groups in total. The number of hydrogen-bond donors (Lipinski definition) is 1. The first-order chi connectivity index (χ1) is 13.0. The zero-order chi connectivity index (χ0) is 19.0. The van der Waals surface area contributed by atoms with E-state index in [1.807, 2.05) is 23.6 Å². The summed E-state index contributed by atoms with van der Waals surface area (Å²) in [5, 5.41) is 4.97. The number of carbonyl (C=O) groups is 2. The van der Waals surface area contributed by atoms with Crippen LogP contribution in [0.1, 0.15) is 22.8 Å². The topological polar surface area (TPSA) is 62.3 Å². The van der Waals surface area contributed by atoms with Crippen molar-refractivity contribution in [2.75, 3.05) is 16.8 Å². The Labute approximate surface area is 159 Å². The fraction of sp³-hybridized carbons (Fsp3) is 0.150. The first-order valence-corrected chi connectivity index (χ1v) is 9.33. The number of hydrogen-bond acceptors (Lipinski definition) is 4. The van der Waals surface area contributed by atoms with Crippen LogP contribution in [0.25, 0.3) is 11.3 Å². The standard InChI is InChI=1S/C20H16FN3O2S/c1-12(25)24-8-7-13-5-6-14(10-18(13)24)17-11-27-20(22-17)23-19(26)15-3-2-4-16(21)9-15/h2-6,9-11H,7-8H2,1H3,(H,22,23,26). The maximum Gasteiger partial charge on any atom is 0.257 e. The average Bonchev–Trinajstić information content (AvgIpc) is 3.27. The van der Waals surface area contributed by atoms with E-state index in [9.17, 15) is 14.0 Å². The summed E-state index contributed by atoms with van der Waals surface area (Å²) < 4.78 is 13.3. The van der Waals surface area contributed by atoms with Crippen LogP contribution in [0, 0.1) is 5.82 Å². The molecule has 2 amide bonds. The highest BCUT2D eigenvalue weighted by molar-refractivity contribution is 7.14. The third-order valence-electron chi connectivity index (χ3n) is 4.47. The Hall–Kier alpha value is -3.06. The van der Waals surface area contributed by atoms with Crippen molar-refractivity contribution < 1.29 is 14.0 Å². The zero-order valence-corrected chi connectivity index (χ0v) is 15.3. The monoisotopic (exact) mass is 381 g/mol. The molecular weight excluding hydrogens is 365 g/mol. The molecule has 0 saturated carbocycles. The van der Waals surface area contributed by atoms with E-state index in [4.69, 9.17) is 0 Å². The molecule has 1 aliphatic rings. The number of thiazole rings is 1. The van der Waals surface area contributed by atoms with E-state index in [0.717, 1.165) is 23.2 Å². The second-order valence-electron chi connectivity index (χ2n) is 6.27. The summed E-state index contributed by atoms with van der Waals surface area (Å²) in [5.41, 5.74) is 3.89. The third kappa shape index (κ3) is 3.46. The van der Waals surface area contributed by atoms with Gasteiger partial charge in [-0.2, -0.15) is 0 Å². The lowest BCUT2D eigenvalue weighted by atomic mass is 10.1. The van der Waals surface area contributed by atoms with Gasteiger partial charge in [0.2, 0.25) is 5.91 Å². The summed E-state index contributed by atoms with van der Waals surface area (Å²) in [6.45, 7) is 2.25. The molecule has 0 bridgehead atoms. The highest BCUT2D eigenvalue weighted by Crippen LogP contribution is 2.34. The number of amides is 2. The molecule has 4 rings (SSSR count). The van der Waals surface area contributed by atoms with Crippen LogP contribution in [0.4, 0.5) is 15.2 Å². The molecule has 2 aromatic carbocycles. The zero-order valence-electron chi connectivity index (χ0n) is 14.5. The fourth-order valence-electron chi connectivity index (χ4n) is 3.13. The molecule has 5 nitrogen and oxygen atoms in total. The highest BCUT2D eigenvalue weighted by Gasteiger charge is 2.23. The number of aromatic nitrogens is 1. The molecule has 27 heavy (non-hydrogen) atoms. The van der Waals surface area contributed by atoms with Crippen LogP contribution in [0.2, 0.25) is 0 Å². The summed E-state index contributed by atoms with van der Waals surface area (Å²) in [6.07, 6.45) is 0.848. The number of nitrogens with zero attached hydrogens (tertiary/aromatic N) is 2. The SMILES string of the molecule is CC(=O)N1CCc2ccc(-c3csc(NC(=O)c4cccc(F)c4)n3)cc21. The summed E-state index contributed by atoms with van der Waals surface area (Å²) in [7, 11) is 0. The van der Waals surface area contributed by atoms with Gasteiger partial charge in [-0.3, -0.25) is 14.9 Å². The predicted octanol–water partition coefficient (Wildman–Crippen LogP) is 4.11. The number of benzene rings is 2. The van der Waals surface area contributed by atoms with E-state index in [0.29, 0.717) is 17.4 Å². The Morgan fingerprint density at radius 1 is 1.22 bits per heavy atom. The van der Waals surface area contributed by atoms with Gasteiger partial charge in [-0.1, -0.05) is 18.2 Å². The van der Waals surface area contributed by atoms with E-state index in [1.165, 1.54) is 29.5 Å². The molecule has 0 radical (unpaired) electrons. The Morgan fingerprint density at radius 3 is 2.85 bits per heavy atom. The van der Waals surface area contributed by atoms with E-state index in [1.54, 1.807) is 17.9 Å². The minimum Gasteiger partial charge on any atom is -0.312 e. The van der Waals surface area contributed by atoms with Crippen molar-refractivity contribution in [1.82, 2.24) is 4.98 Å². The maximum absolute atomic E-state index is 13.3. The first-order valence-electron chi connectivity index (χ1n) is 8.45. The van der Waals surface area contributed by atoms with Crippen LogP contribution in [-0.4, -0.2) is 23.3 Å². The van der Waals surface area contributed by atoms with Gasteiger partial charge in [-0.05, 0) is 36.2 Å². The van der Waals surface area contributed by atoms with Crippen LogP contribution in [-0.2, 0) is 11.2 Å². The van der Waals surface area contributed by atoms with Crippen molar-refractivity contribution >= 4 is 34.0 Å². The lowest BCUT2D eigenvalue weighted by Gasteiger charge is -2.15. The Morgan fingerprint density at radius 2 is 2.07 bits per heavy atom. The lowest BCUT2D eigenvalue weighted by molar-refractivity contribution is -0.116. The third-order valence-corrected chi connectivity index (χ3v) is 5.23. The second kappa shape index (κ2) is 6.92. The molecule has 1 aromatic heterocycles. The van der Waals surface area contributed by atoms with E-state index in [2.05, 4.69) is 10.3 Å². The normalized spacial score (nSPS) is 12.7. The Balaban J connectivity index is 1.56. The number of rotatable bonds is 3. The fourth-order valence-corrected chi connectivity index (χ4v) is 3.84. The van der Waals surface area contributed by atoms with E-state index < -0.39 is 11.7 Å². The number of carbonyl (C=O) groups excluding carboxylic acids is 2. The molecule has 0 fully saturated rings. The number of nitrogens with one attached hydrogen (secondary N) is 1. The van der Waals surface area contributed by atoms with Crippen LogP contribution in [0.5, 0.6) is 0 Å². The average molecular weight is 381 g/mol. The highest BCUT2D eigenvalue weighted by atomic mass is 32.1. The summed E-state index contributed by atoms with van der Waals surface area (Å²) in [6, 6.07) is 11.4. The number of halogens is 1. The van der Waals surface area contributed by atoms with Crippen molar-refractivity contribution in [1.29, 1.82) is 0 Å². The van der Waals surface area contributed by atoms with Gasteiger partial charge in [0.1, 0.15) is 5.82 Å². The lowest BCUT2D eigenvalue weighted by Crippen LogP contribution is -2.25. The smallest absolute Gasteiger partial charge is 0.257 e. The number of fused-ring (bicyclic) bond motifs is 1. The van der Waals surface area contributed by atoms with Gasteiger partial charge in [-0.25, -0.2) is 9.37 Å². The maximum atomic E-state index is 13.3. The van der Waals surface area contributed by atoms with Crippen molar-refractivity contribution in [3.8, 4) is 11.3 Å². The predicted molar refractivity (Wildman–Crippen MR) is 104 cm³/mol. The van der Waals surface area contributed by atoms with Crippen molar-refractivity contribution in [2.45, 2.75) is 13.3 Å². The van der Waals surface area contributed by atoms with Crippen LogP contribution in [0.15, 0.2) is 47.8 Å². The summed E-state index contributed by atoms with van der Waals surface area (Å²) >= 11 is 1.29. The van der Waals surface area contributed by atoms with Gasteiger partial charge in [0, 0.05) is 35.7 Å². The van der Waals surface area contributed by atoms with Crippen LogP contribution < -0.4 is 10.2 Å². The van der Waals surface area contributed by atoms with Crippen LogP contribution in [0.3, 0.4) is 0 Å². The minimum absolute atomic E-state index is 0.0206. The Kier molecular flexibility index (Phi) is 4.45. The molecule has 3 aromatic rings. The first kappa shape index (κ1) is 17.4. The van der Waals surface area contributed by atoms with Gasteiger partial charge in [0.15, 0.2) is 5.13 Å². The minimum atomic E-state index is -0.462. The molecule has 136 valence electrons. The molecule has 2 heterocycles. The van der Waals surface area contributed by atoms with Gasteiger partial charge < -0.3 is 4.90 Å². The largest absolute Gasteiger partial charge is 0.312 e. The molecule has 1 aliphatic heterocycles. The summed E-state index contributed by atoms with van der Waals surface area (Å²) in [4.78, 5) is 30.2. The number of anilines is 2. The molecule has 0 spiro atoms. The van der Waals surface area contributed by atoms with E-state index in [-0.39, 0.29) is 11.5 Å². The molecule has 0 unspecified atom stereocenters. The quantitative estimate of drug-likeness (QED) is 0.743. The van der Waals surface area contributed by atoms with Crippen LogP contribution >= 0.6 is 11.3 Å².